The zero-order chi connectivity index (χ0) is 10.1. The molecule has 0 saturated heterocycles. The molecule has 0 amide bonds. The topological polar surface area (TPSA) is 35.2 Å². The molecule has 0 fully saturated rings. The van der Waals surface area contributed by atoms with Crippen LogP contribution in [-0.2, 0) is 6.42 Å². The average Bonchev–Trinajstić information content (AvgIpc) is 2.23. The van der Waals surface area contributed by atoms with Crippen LogP contribution in [0.15, 0.2) is 18.2 Å². The molecule has 1 aliphatic rings. The van der Waals surface area contributed by atoms with Gasteiger partial charge < -0.3 is 10.5 Å². The van der Waals surface area contributed by atoms with E-state index in [2.05, 4.69) is 0 Å². The monoisotopic (exact) mass is 195 g/mol. The van der Waals surface area contributed by atoms with Crippen LogP contribution < -0.4 is 10.5 Å². The molecule has 0 aliphatic heterocycles. The van der Waals surface area contributed by atoms with Gasteiger partial charge in [-0.1, -0.05) is 6.07 Å². The fourth-order valence-corrected chi connectivity index (χ4v) is 1.92. The highest BCUT2D eigenvalue weighted by atomic mass is 19.1. The molecule has 0 bridgehead atoms. The molecule has 0 radical (unpaired) electrons. The predicted octanol–water partition coefficient (Wildman–Crippen LogP) is 1.98. The van der Waals surface area contributed by atoms with Crippen molar-refractivity contribution in [2.24, 2.45) is 5.73 Å². The first-order chi connectivity index (χ1) is 6.72. The van der Waals surface area contributed by atoms with Gasteiger partial charge in [0.15, 0.2) is 0 Å². The Hall–Kier alpha value is -1.09. The number of hydrogen-bond donors (Lipinski definition) is 1. The van der Waals surface area contributed by atoms with Crippen molar-refractivity contribution < 1.29 is 9.13 Å². The van der Waals surface area contributed by atoms with E-state index in [0.717, 1.165) is 23.3 Å². The molecule has 3 heteroatoms. The minimum absolute atomic E-state index is 0.468. The smallest absolute Gasteiger partial charge is 0.120 e. The van der Waals surface area contributed by atoms with E-state index in [1.54, 1.807) is 7.11 Å². The number of methoxy groups -OCH3 is 1. The second-order valence-electron chi connectivity index (χ2n) is 3.65. The Morgan fingerprint density at radius 1 is 1.50 bits per heavy atom. The summed E-state index contributed by atoms with van der Waals surface area (Å²) in [7, 11) is 1.63. The summed E-state index contributed by atoms with van der Waals surface area (Å²) in [4.78, 5) is 0. The lowest BCUT2D eigenvalue weighted by atomic mass is 9.87. The van der Waals surface area contributed by atoms with Gasteiger partial charge in [-0.3, -0.25) is 0 Å². The van der Waals surface area contributed by atoms with Crippen molar-refractivity contribution in [3.05, 3.63) is 29.3 Å². The maximum absolute atomic E-state index is 13.3. The third-order valence-corrected chi connectivity index (χ3v) is 2.79. The Balaban J connectivity index is 2.38. The van der Waals surface area contributed by atoms with Crippen molar-refractivity contribution in [2.45, 2.75) is 25.1 Å². The number of alkyl halides is 1. The van der Waals surface area contributed by atoms with E-state index >= 15 is 0 Å². The van der Waals surface area contributed by atoms with Gasteiger partial charge >= 0.3 is 0 Å². The molecule has 0 aromatic heterocycles. The first-order valence-corrected chi connectivity index (χ1v) is 4.79. The minimum atomic E-state index is -0.907. The zero-order valence-corrected chi connectivity index (χ0v) is 8.16. The van der Waals surface area contributed by atoms with Crippen molar-refractivity contribution in [2.75, 3.05) is 7.11 Å². The number of halogens is 1. The van der Waals surface area contributed by atoms with Crippen LogP contribution in [0.3, 0.4) is 0 Å². The van der Waals surface area contributed by atoms with Crippen molar-refractivity contribution >= 4 is 0 Å². The van der Waals surface area contributed by atoms with Crippen molar-refractivity contribution in [1.29, 1.82) is 0 Å². The molecule has 2 nitrogen and oxygen atoms in total. The third kappa shape index (κ3) is 1.48. The number of aryl methyl sites for hydroxylation is 1. The Labute approximate surface area is 82.9 Å². The van der Waals surface area contributed by atoms with Gasteiger partial charge in [0.1, 0.15) is 11.9 Å². The Morgan fingerprint density at radius 2 is 2.29 bits per heavy atom. The van der Waals surface area contributed by atoms with Gasteiger partial charge in [0.25, 0.3) is 0 Å². The predicted molar refractivity (Wildman–Crippen MR) is 53.1 cm³/mol. The summed E-state index contributed by atoms with van der Waals surface area (Å²) < 4.78 is 18.4. The van der Waals surface area contributed by atoms with Crippen molar-refractivity contribution in [3.8, 4) is 5.75 Å². The summed E-state index contributed by atoms with van der Waals surface area (Å²) in [6, 6.07) is 5.17. The lowest BCUT2D eigenvalue weighted by Gasteiger charge is -2.25. The summed E-state index contributed by atoms with van der Waals surface area (Å²) in [6.45, 7) is 0. The van der Waals surface area contributed by atoms with E-state index in [0.29, 0.717) is 6.42 Å². The van der Waals surface area contributed by atoms with Crippen LogP contribution in [0.5, 0.6) is 5.75 Å². The fourth-order valence-electron chi connectivity index (χ4n) is 1.92. The molecular formula is C11H14FNO. The summed E-state index contributed by atoms with van der Waals surface area (Å²) in [5.41, 5.74) is 7.80. The summed E-state index contributed by atoms with van der Waals surface area (Å²) in [6.07, 6.45) is 0.360. The number of fused-ring (bicyclic) bond motifs is 1. The van der Waals surface area contributed by atoms with E-state index in [1.807, 2.05) is 18.2 Å². The van der Waals surface area contributed by atoms with Crippen LogP contribution in [0.4, 0.5) is 4.39 Å². The molecule has 0 unspecified atom stereocenters. The lowest BCUT2D eigenvalue weighted by Crippen LogP contribution is -2.28. The van der Waals surface area contributed by atoms with Gasteiger partial charge in [0.05, 0.1) is 13.2 Å². The average molecular weight is 195 g/mol. The molecule has 1 aromatic rings. The standard InChI is InChI=1S/C11H14FNO/c1-14-8-3-4-9-7(6-8)2-5-10(12)11(9)13/h3-4,6,10-11H,2,5,13H2,1H3/t10-,11+/m0/s1. The van der Waals surface area contributed by atoms with E-state index in [1.165, 1.54) is 0 Å². The molecule has 0 heterocycles. The SMILES string of the molecule is COc1ccc2c(c1)CC[C@H](F)[C@@H]2N. The van der Waals surface area contributed by atoms with E-state index < -0.39 is 12.2 Å². The molecule has 14 heavy (non-hydrogen) atoms. The molecule has 0 saturated carbocycles. The maximum atomic E-state index is 13.3. The number of benzene rings is 1. The van der Waals surface area contributed by atoms with Gasteiger partial charge in [-0.25, -0.2) is 4.39 Å². The Bertz CT molecular complexity index is 340. The number of hydrogen-bond acceptors (Lipinski definition) is 2. The van der Waals surface area contributed by atoms with Gasteiger partial charge in [-0.15, -0.1) is 0 Å². The van der Waals surface area contributed by atoms with Gasteiger partial charge in [-0.05, 0) is 36.1 Å². The van der Waals surface area contributed by atoms with Crippen molar-refractivity contribution in [3.63, 3.8) is 0 Å². The normalized spacial score (nSPS) is 25.6. The van der Waals surface area contributed by atoms with Gasteiger partial charge in [-0.2, -0.15) is 0 Å². The number of rotatable bonds is 1. The van der Waals surface area contributed by atoms with Crippen LogP contribution >= 0.6 is 0 Å². The first kappa shape index (κ1) is 9.46. The van der Waals surface area contributed by atoms with Crippen LogP contribution in [0.25, 0.3) is 0 Å². The van der Waals surface area contributed by atoms with Crippen molar-refractivity contribution in [1.82, 2.24) is 0 Å². The van der Waals surface area contributed by atoms with Gasteiger partial charge in [0.2, 0.25) is 0 Å². The molecule has 2 rings (SSSR count). The summed E-state index contributed by atoms with van der Waals surface area (Å²) >= 11 is 0. The Morgan fingerprint density at radius 3 is 3.00 bits per heavy atom. The second kappa shape index (κ2) is 3.58. The molecule has 1 aromatic carbocycles. The van der Waals surface area contributed by atoms with Crippen LogP contribution in [0, 0.1) is 0 Å². The summed E-state index contributed by atoms with van der Waals surface area (Å²) in [5.74, 6) is 0.813. The second-order valence-corrected chi connectivity index (χ2v) is 3.65. The number of ether oxygens (including phenoxy) is 1. The highest BCUT2D eigenvalue weighted by molar-refractivity contribution is 5.39. The molecular weight excluding hydrogens is 181 g/mol. The third-order valence-electron chi connectivity index (χ3n) is 2.79. The van der Waals surface area contributed by atoms with E-state index in [9.17, 15) is 4.39 Å². The van der Waals surface area contributed by atoms with Gasteiger partial charge in [0, 0.05) is 0 Å². The highest BCUT2D eigenvalue weighted by Gasteiger charge is 2.26. The van der Waals surface area contributed by atoms with Crippen LogP contribution in [-0.4, -0.2) is 13.3 Å². The summed E-state index contributed by atoms with van der Waals surface area (Å²) in [5, 5.41) is 0. The minimum Gasteiger partial charge on any atom is -0.497 e. The fraction of sp³-hybridized carbons (Fsp3) is 0.455. The molecule has 76 valence electrons. The van der Waals surface area contributed by atoms with Crippen LogP contribution in [0.1, 0.15) is 23.6 Å². The van der Waals surface area contributed by atoms with Crippen LogP contribution in [0.2, 0.25) is 0 Å². The Kier molecular flexibility index (Phi) is 2.42. The zero-order valence-electron chi connectivity index (χ0n) is 8.16. The molecule has 1 aliphatic carbocycles. The van der Waals surface area contributed by atoms with E-state index in [4.69, 9.17) is 10.5 Å². The largest absolute Gasteiger partial charge is 0.497 e. The first-order valence-electron chi connectivity index (χ1n) is 4.79. The molecule has 0 spiro atoms. The number of nitrogens with two attached hydrogens (primary N) is 1. The quantitative estimate of drug-likeness (QED) is 0.743. The highest BCUT2D eigenvalue weighted by Crippen LogP contribution is 2.32. The lowest BCUT2D eigenvalue weighted by molar-refractivity contribution is 0.254. The maximum Gasteiger partial charge on any atom is 0.120 e. The molecule has 2 atom stereocenters. The van der Waals surface area contributed by atoms with E-state index in [-0.39, 0.29) is 0 Å². The molecule has 2 N–H and O–H groups in total.